The van der Waals surface area contributed by atoms with Crippen LogP contribution in [-0.4, -0.2) is 31.2 Å². The monoisotopic (exact) mass is 302 g/mol. The van der Waals surface area contributed by atoms with E-state index in [2.05, 4.69) is 4.90 Å². The van der Waals surface area contributed by atoms with Gasteiger partial charge < -0.3 is 14.9 Å². The van der Waals surface area contributed by atoms with Gasteiger partial charge in [-0.1, -0.05) is 23.7 Å². The maximum absolute atomic E-state index is 11.5. The molecule has 0 saturated heterocycles. The van der Waals surface area contributed by atoms with Crippen LogP contribution < -0.4 is 9.80 Å². The van der Waals surface area contributed by atoms with Gasteiger partial charge >= 0.3 is 5.97 Å². The molecule has 0 amide bonds. The number of nitrogens with zero attached hydrogens (tertiary/aromatic N) is 2. The number of rotatable bonds is 2. The van der Waals surface area contributed by atoms with Crippen molar-refractivity contribution in [3.63, 3.8) is 0 Å². The van der Waals surface area contributed by atoms with E-state index in [1.807, 2.05) is 36.2 Å². The molecule has 1 aliphatic rings. The Morgan fingerprint density at radius 1 is 1.10 bits per heavy atom. The number of halogens is 1. The Bertz CT molecular complexity index is 702. The minimum absolute atomic E-state index is 0.224. The number of carbonyl (C=O) groups is 1. The van der Waals surface area contributed by atoms with E-state index in [0.717, 1.165) is 24.5 Å². The summed E-state index contributed by atoms with van der Waals surface area (Å²) in [6.45, 7) is 1.56. The highest BCUT2D eigenvalue weighted by Gasteiger charge is 2.24. The van der Waals surface area contributed by atoms with Crippen LogP contribution in [0.2, 0.25) is 5.02 Å². The first-order valence-electron chi connectivity index (χ1n) is 6.68. The van der Waals surface area contributed by atoms with E-state index in [1.54, 1.807) is 12.1 Å². The van der Waals surface area contributed by atoms with Gasteiger partial charge in [0.25, 0.3) is 0 Å². The Balaban J connectivity index is 2.14. The van der Waals surface area contributed by atoms with E-state index in [0.29, 0.717) is 10.7 Å². The molecule has 21 heavy (non-hydrogen) atoms. The predicted molar refractivity (Wildman–Crippen MR) is 85.1 cm³/mol. The highest BCUT2D eigenvalue weighted by Crippen LogP contribution is 2.38. The number of aromatic carboxylic acids is 1. The van der Waals surface area contributed by atoms with E-state index in [1.165, 1.54) is 6.07 Å². The summed E-state index contributed by atoms with van der Waals surface area (Å²) in [7, 11) is 2.04. The smallest absolute Gasteiger partial charge is 0.337 e. The summed E-state index contributed by atoms with van der Waals surface area (Å²) in [4.78, 5) is 15.7. The lowest BCUT2D eigenvalue weighted by Crippen LogP contribution is -2.37. The second-order valence-corrected chi connectivity index (χ2v) is 5.46. The summed E-state index contributed by atoms with van der Waals surface area (Å²) in [6, 6.07) is 13.0. The first-order valence-corrected chi connectivity index (χ1v) is 7.06. The molecule has 0 fully saturated rings. The fraction of sp³-hybridized carbons (Fsp3) is 0.188. The summed E-state index contributed by atoms with van der Waals surface area (Å²) in [5, 5.41) is 9.85. The predicted octanol–water partition coefficient (Wildman–Crippen LogP) is 3.63. The van der Waals surface area contributed by atoms with Crippen molar-refractivity contribution >= 4 is 34.6 Å². The van der Waals surface area contributed by atoms with Crippen LogP contribution in [0.3, 0.4) is 0 Å². The Kier molecular flexibility index (Phi) is 3.47. The molecule has 108 valence electrons. The molecule has 2 aromatic carbocycles. The minimum Gasteiger partial charge on any atom is -0.478 e. The molecule has 1 heterocycles. The Morgan fingerprint density at radius 3 is 2.52 bits per heavy atom. The molecule has 0 atom stereocenters. The van der Waals surface area contributed by atoms with Crippen LogP contribution >= 0.6 is 11.6 Å². The third kappa shape index (κ3) is 2.43. The van der Waals surface area contributed by atoms with E-state index in [-0.39, 0.29) is 5.56 Å². The molecular formula is C16H15ClN2O2. The summed E-state index contributed by atoms with van der Waals surface area (Å²) >= 11 is 5.93. The van der Waals surface area contributed by atoms with Gasteiger partial charge in [-0.15, -0.1) is 0 Å². The number of hydrogen-bond donors (Lipinski definition) is 1. The fourth-order valence-corrected chi connectivity index (χ4v) is 2.84. The molecule has 0 bridgehead atoms. The summed E-state index contributed by atoms with van der Waals surface area (Å²) in [5.74, 6) is -0.969. The van der Waals surface area contributed by atoms with E-state index >= 15 is 0 Å². The normalized spacial score (nSPS) is 14.0. The molecule has 2 aromatic rings. The zero-order chi connectivity index (χ0) is 15.0. The molecule has 1 N–H and O–H groups in total. The zero-order valence-electron chi connectivity index (χ0n) is 11.6. The average Bonchev–Trinajstić information content (AvgIpc) is 2.48. The maximum atomic E-state index is 11.5. The van der Waals surface area contributed by atoms with Crippen LogP contribution in [-0.2, 0) is 0 Å². The lowest BCUT2D eigenvalue weighted by molar-refractivity contribution is 0.0697. The van der Waals surface area contributed by atoms with Crippen molar-refractivity contribution in [2.75, 3.05) is 29.9 Å². The minimum atomic E-state index is -0.969. The van der Waals surface area contributed by atoms with Gasteiger partial charge in [-0.25, -0.2) is 4.79 Å². The highest BCUT2D eigenvalue weighted by atomic mass is 35.5. The molecule has 1 aliphatic heterocycles. The van der Waals surface area contributed by atoms with Crippen LogP contribution in [0.15, 0.2) is 42.5 Å². The van der Waals surface area contributed by atoms with Gasteiger partial charge in [0.05, 0.1) is 22.6 Å². The molecule has 0 saturated carbocycles. The molecule has 5 heteroatoms. The van der Waals surface area contributed by atoms with Crippen LogP contribution in [0.25, 0.3) is 0 Å². The third-order valence-corrected chi connectivity index (χ3v) is 3.96. The average molecular weight is 303 g/mol. The van der Waals surface area contributed by atoms with Crippen molar-refractivity contribution in [1.29, 1.82) is 0 Å². The zero-order valence-corrected chi connectivity index (χ0v) is 12.3. The molecule has 4 nitrogen and oxygen atoms in total. The lowest BCUT2D eigenvalue weighted by atomic mass is 10.1. The van der Waals surface area contributed by atoms with E-state index < -0.39 is 5.97 Å². The van der Waals surface area contributed by atoms with Gasteiger partial charge in [0.1, 0.15) is 0 Å². The quantitative estimate of drug-likeness (QED) is 0.920. The third-order valence-electron chi connectivity index (χ3n) is 3.72. The molecule has 0 spiro atoms. The van der Waals surface area contributed by atoms with Crippen molar-refractivity contribution in [3.8, 4) is 0 Å². The van der Waals surface area contributed by atoms with Crippen molar-refractivity contribution in [2.45, 2.75) is 0 Å². The fourth-order valence-electron chi connectivity index (χ4n) is 2.67. The number of para-hydroxylation sites is 2. The van der Waals surface area contributed by atoms with Gasteiger partial charge in [-0.05, 0) is 30.3 Å². The molecular weight excluding hydrogens is 288 g/mol. The van der Waals surface area contributed by atoms with Crippen LogP contribution in [0, 0.1) is 0 Å². The molecule has 0 aliphatic carbocycles. The first-order chi connectivity index (χ1) is 10.1. The summed E-state index contributed by atoms with van der Waals surface area (Å²) in [6.07, 6.45) is 0. The number of hydrogen-bond acceptors (Lipinski definition) is 3. The second-order valence-electron chi connectivity index (χ2n) is 5.03. The lowest BCUT2D eigenvalue weighted by Gasteiger charge is -2.37. The number of benzene rings is 2. The SMILES string of the molecule is CN1CCN(c2ccc(Cl)cc2C(=O)O)c2ccccc21. The van der Waals surface area contributed by atoms with E-state index in [4.69, 9.17) is 11.6 Å². The van der Waals surface area contributed by atoms with Crippen molar-refractivity contribution in [3.05, 3.63) is 53.1 Å². The molecule has 0 radical (unpaired) electrons. The Labute approximate surface area is 128 Å². The van der Waals surface area contributed by atoms with Crippen LogP contribution in [0.4, 0.5) is 17.1 Å². The van der Waals surface area contributed by atoms with Crippen LogP contribution in [0.1, 0.15) is 10.4 Å². The molecule has 3 rings (SSSR count). The molecule has 0 aromatic heterocycles. The number of carboxylic acids is 1. The van der Waals surface area contributed by atoms with E-state index in [9.17, 15) is 9.90 Å². The Hall–Kier alpha value is -2.20. The highest BCUT2D eigenvalue weighted by molar-refractivity contribution is 6.31. The number of anilines is 3. The number of carboxylic acid groups (broad SMARTS) is 1. The van der Waals surface area contributed by atoms with Gasteiger partial charge in [0.2, 0.25) is 0 Å². The Morgan fingerprint density at radius 2 is 1.81 bits per heavy atom. The first kappa shape index (κ1) is 13.8. The van der Waals surface area contributed by atoms with Gasteiger partial charge in [-0.3, -0.25) is 0 Å². The molecule has 0 unspecified atom stereocenters. The van der Waals surface area contributed by atoms with Gasteiger partial charge in [0, 0.05) is 25.2 Å². The standard InChI is InChI=1S/C16H15ClN2O2/c1-18-8-9-19(15-5-3-2-4-14(15)18)13-7-6-11(17)10-12(13)16(20)21/h2-7,10H,8-9H2,1H3,(H,20,21). The van der Waals surface area contributed by atoms with Crippen molar-refractivity contribution < 1.29 is 9.90 Å². The van der Waals surface area contributed by atoms with Gasteiger partial charge in [-0.2, -0.15) is 0 Å². The number of fused-ring (bicyclic) bond motifs is 1. The summed E-state index contributed by atoms with van der Waals surface area (Å²) < 4.78 is 0. The topological polar surface area (TPSA) is 43.8 Å². The van der Waals surface area contributed by atoms with Crippen LogP contribution in [0.5, 0.6) is 0 Å². The van der Waals surface area contributed by atoms with Crippen molar-refractivity contribution in [2.24, 2.45) is 0 Å². The largest absolute Gasteiger partial charge is 0.478 e. The maximum Gasteiger partial charge on any atom is 0.337 e. The number of likely N-dealkylation sites (N-methyl/N-ethyl adjacent to an activating group) is 1. The second kappa shape index (κ2) is 5.30. The van der Waals surface area contributed by atoms with Gasteiger partial charge in [0.15, 0.2) is 0 Å². The van der Waals surface area contributed by atoms with Crippen molar-refractivity contribution in [1.82, 2.24) is 0 Å². The summed E-state index contributed by atoms with van der Waals surface area (Å²) in [5.41, 5.74) is 3.00.